The van der Waals surface area contributed by atoms with Gasteiger partial charge < -0.3 is 10.4 Å². The Kier molecular flexibility index (Phi) is 2.88. The van der Waals surface area contributed by atoms with Gasteiger partial charge in [-0.2, -0.15) is 0 Å². The molecular weight excluding hydrogens is 202 g/mol. The number of aromatic hydroxyl groups is 1. The average Bonchev–Trinajstić information content (AvgIpc) is 2.28. The molecule has 0 fully saturated rings. The minimum atomic E-state index is -0.106. The van der Waals surface area contributed by atoms with Crippen LogP contribution in [0.3, 0.4) is 0 Å². The maximum atomic E-state index is 11.7. The van der Waals surface area contributed by atoms with Crippen LogP contribution in [-0.2, 0) is 0 Å². The van der Waals surface area contributed by atoms with E-state index >= 15 is 0 Å². The van der Waals surface area contributed by atoms with Crippen LogP contribution in [0.1, 0.15) is 10.4 Å². The Morgan fingerprint density at radius 1 is 1.25 bits per heavy atom. The summed E-state index contributed by atoms with van der Waals surface area (Å²) in [5.74, 6) is -0.0651. The number of carbonyl (C=O) groups is 1. The van der Waals surface area contributed by atoms with Crippen molar-refractivity contribution < 1.29 is 9.90 Å². The maximum Gasteiger partial charge on any atom is 0.180 e. The molecular formula is C13H13NO2. The van der Waals surface area contributed by atoms with Gasteiger partial charge in [-0.15, -0.1) is 0 Å². The topological polar surface area (TPSA) is 49.3 Å². The highest BCUT2D eigenvalue weighted by molar-refractivity contribution is 6.03. The van der Waals surface area contributed by atoms with Gasteiger partial charge in [0.25, 0.3) is 0 Å². The molecule has 0 bridgehead atoms. The van der Waals surface area contributed by atoms with Gasteiger partial charge in [0.1, 0.15) is 5.75 Å². The molecule has 0 radical (unpaired) electrons. The van der Waals surface area contributed by atoms with Gasteiger partial charge in [-0.1, -0.05) is 24.3 Å². The zero-order chi connectivity index (χ0) is 11.5. The van der Waals surface area contributed by atoms with Crippen molar-refractivity contribution in [2.45, 2.75) is 0 Å². The Bertz CT molecular complexity index is 534. The summed E-state index contributed by atoms with van der Waals surface area (Å²) < 4.78 is 0. The smallest absolute Gasteiger partial charge is 0.180 e. The number of fused-ring (bicyclic) bond motifs is 1. The molecule has 2 rings (SSSR count). The lowest BCUT2D eigenvalue weighted by atomic mass is 10.0. The minimum absolute atomic E-state index is 0.0407. The molecule has 0 saturated carbocycles. The third-order valence-electron chi connectivity index (χ3n) is 2.50. The first-order valence-corrected chi connectivity index (χ1v) is 5.12. The Morgan fingerprint density at radius 2 is 1.88 bits per heavy atom. The fourth-order valence-corrected chi connectivity index (χ4v) is 1.71. The molecule has 0 amide bonds. The van der Waals surface area contributed by atoms with E-state index in [1.54, 1.807) is 19.2 Å². The number of hydrogen-bond acceptors (Lipinski definition) is 3. The van der Waals surface area contributed by atoms with Crippen LogP contribution >= 0.6 is 0 Å². The minimum Gasteiger partial charge on any atom is -0.507 e. The van der Waals surface area contributed by atoms with E-state index in [-0.39, 0.29) is 18.1 Å². The number of phenols is 1. The SMILES string of the molecule is CNCC(=O)c1cc2ccccc2cc1O. The average molecular weight is 215 g/mol. The Balaban J connectivity index is 2.54. The van der Waals surface area contributed by atoms with Crippen molar-refractivity contribution in [2.75, 3.05) is 13.6 Å². The first-order valence-electron chi connectivity index (χ1n) is 5.12. The van der Waals surface area contributed by atoms with Crippen molar-refractivity contribution >= 4 is 16.6 Å². The number of Topliss-reactive ketones (excluding diaryl/α,β-unsaturated/α-hetero) is 1. The lowest BCUT2D eigenvalue weighted by Gasteiger charge is -2.05. The number of ketones is 1. The summed E-state index contributed by atoms with van der Waals surface area (Å²) in [6, 6.07) is 11.0. The third-order valence-corrected chi connectivity index (χ3v) is 2.50. The Hall–Kier alpha value is -1.87. The van der Waals surface area contributed by atoms with Gasteiger partial charge in [0.2, 0.25) is 0 Å². The molecule has 0 aromatic heterocycles. The Labute approximate surface area is 93.7 Å². The van der Waals surface area contributed by atoms with Gasteiger partial charge in [0.05, 0.1) is 12.1 Å². The highest BCUT2D eigenvalue weighted by atomic mass is 16.3. The van der Waals surface area contributed by atoms with E-state index < -0.39 is 0 Å². The summed E-state index contributed by atoms with van der Waals surface area (Å²) in [5, 5.41) is 14.4. The predicted molar refractivity (Wildman–Crippen MR) is 63.9 cm³/mol. The van der Waals surface area contributed by atoms with E-state index in [0.717, 1.165) is 10.8 Å². The third kappa shape index (κ3) is 1.90. The molecule has 82 valence electrons. The predicted octanol–water partition coefficient (Wildman–Crippen LogP) is 1.95. The molecule has 16 heavy (non-hydrogen) atoms. The number of likely N-dealkylation sites (N-methyl/N-ethyl adjacent to an activating group) is 1. The summed E-state index contributed by atoms with van der Waals surface area (Å²) in [4.78, 5) is 11.7. The molecule has 2 aromatic rings. The highest BCUT2D eigenvalue weighted by Gasteiger charge is 2.11. The monoisotopic (exact) mass is 215 g/mol. The molecule has 0 spiro atoms. The quantitative estimate of drug-likeness (QED) is 0.769. The van der Waals surface area contributed by atoms with Crippen LogP contribution in [0.4, 0.5) is 0 Å². The van der Waals surface area contributed by atoms with Crippen LogP contribution in [0.15, 0.2) is 36.4 Å². The van der Waals surface area contributed by atoms with E-state index in [4.69, 9.17) is 0 Å². The van der Waals surface area contributed by atoms with Crippen LogP contribution in [-0.4, -0.2) is 24.5 Å². The van der Waals surface area contributed by atoms with Crippen LogP contribution in [0.25, 0.3) is 10.8 Å². The van der Waals surface area contributed by atoms with E-state index in [2.05, 4.69) is 5.32 Å². The first-order chi connectivity index (χ1) is 7.72. The van der Waals surface area contributed by atoms with Crippen molar-refractivity contribution in [3.8, 4) is 5.75 Å². The van der Waals surface area contributed by atoms with Crippen molar-refractivity contribution in [1.29, 1.82) is 0 Å². The number of hydrogen-bond donors (Lipinski definition) is 2. The largest absolute Gasteiger partial charge is 0.507 e. The van der Waals surface area contributed by atoms with Crippen LogP contribution in [0.2, 0.25) is 0 Å². The van der Waals surface area contributed by atoms with Crippen molar-refractivity contribution in [3.63, 3.8) is 0 Å². The second-order valence-corrected chi connectivity index (χ2v) is 3.67. The Morgan fingerprint density at radius 3 is 2.50 bits per heavy atom. The molecule has 0 aliphatic heterocycles. The fraction of sp³-hybridized carbons (Fsp3) is 0.154. The van der Waals surface area contributed by atoms with Crippen molar-refractivity contribution in [2.24, 2.45) is 0 Å². The molecule has 0 atom stereocenters. The first kappa shape index (κ1) is 10.6. The van der Waals surface area contributed by atoms with Gasteiger partial charge in [-0.3, -0.25) is 4.79 Å². The zero-order valence-electron chi connectivity index (χ0n) is 9.03. The molecule has 0 saturated heterocycles. The number of carbonyl (C=O) groups excluding carboxylic acids is 1. The lowest BCUT2D eigenvalue weighted by Crippen LogP contribution is -2.18. The van der Waals surface area contributed by atoms with Gasteiger partial charge in [0.15, 0.2) is 5.78 Å². The van der Waals surface area contributed by atoms with Gasteiger partial charge in [0, 0.05) is 0 Å². The van der Waals surface area contributed by atoms with Crippen LogP contribution in [0, 0.1) is 0 Å². The number of rotatable bonds is 3. The van der Waals surface area contributed by atoms with Crippen molar-refractivity contribution in [3.05, 3.63) is 42.0 Å². The second kappa shape index (κ2) is 4.33. The lowest BCUT2D eigenvalue weighted by molar-refractivity contribution is 0.0991. The molecule has 0 unspecified atom stereocenters. The van der Waals surface area contributed by atoms with Gasteiger partial charge in [-0.05, 0) is 30.0 Å². The van der Waals surface area contributed by atoms with Crippen LogP contribution in [0.5, 0.6) is 5.75 Å². The summed E-state index contributed by atoms with van der Waals surface area (Å²) in [6.07, 6.45) is 0. The molecule has 2 N–H and O–H groups in total. The standard InChI is InChI=1S/C13H13NO2/c1-14-8-13(16)11-6-9-4-2-3-5-10(9)7-12(11)15/h2-7,14-15H,8H2,1H3. The molecule has 3 heteroatoms. The molecule has 0 aliphatic rings. The van der Waals surface area contributed by atoms with Gasteiger partial charge in [-0.25, -0.2) is 0 Å². The summed E-state index contributed by atoms with van der Waals surface area (Å²) in [5.41, 5.74) is 0.369. The number of benzene rings is 2. The number of phenolic OH excluding ortho intramolecular Hbond substituents is 1. The molecule has 0 aliphatic carbocycles. The van der Waals surface area contributed by atoms with Crippen LogP contribution < -0.4 is 5.32 Å². The summed E-state index contributed by atoms with van der Waals surface area (Å²) >= 11 is 0. The molecule has 2 aromatic carbocycles. The summed E-state index contributed by atoms with van der Waals surface area (Å²) in [6.45, 7) is 0.228. The second-order valence-electron chi connectivity index (χ2n) is 3.67. The zero-order valence-corrected chi connectivity index (χ0v) is 9.03. The van der Waals surface area contributed by atoms with E-state index in [0.29, 0.717) is 5.56 Å². The number of nitrogens with one attached hydrogen (secondary N) is 1. The normalized spacial score (nSPS) is 10.6. The van der Waals surface area contributed by atoms with E-state index in [1.807, 2.05) is 24.3 Å². The fourth-order valence-electron chi connectivity index (χ4n) is 1.71. The maximum absolute atomic E-state index is 11.7. The highest BCUT2D eigenvalue weighted by Crippen LogP contribution is 2.25. The summed E-state index contributed by atoms with van der Waals surface area (Å²) in [7, 11) is 1.70. The van der Waals surface area contributed by atoms with Crippen molar-refractivity contribution in [1.82, 2.24) is 5.32 Å². The van der Waals surface area contributed by atoms with E-state index in [1.165, 1.54) is 0 Å². The molecule has 3 nitrogen and oxygen atoms in total. The van der Waals surface area contributed by atoms with E-state index in [9.17, 15) is 9.90 Å². The molecule has 0 heterocycles. The van der Waals surface area contributed by atoms with Gasteiger partial charge >= 0.3 is 0 Å².